The van der Waals surface area contributed by atoms with Gasteiger partial charge in [0.25, 0.3) is 5.91 Å². The van der Waals surface area contributed by atoms with Crippen LogP contribution in [0.25, 0.3) is 0 Å². The number of hydrogen-bond acceptors (Lipinski definition) is 5. The van der Waals surface area contributed by atoms with Crippen LogP contribution >= 0.6 is 11.6 Å². The molecule has 0 saturated carbocycles. The quantitative estimate of drug-likeness (QED) is 0.632. The van der Waals surface area contributed by atoms with Crippen molar-refractivity contribution in [2.75, 3.05) is 24.7 Å². The van der Waals surface area contributed by atoms with Crippen LogP contribution in [0.2, 0.25) is 5.02 Å². The predicted octanol–water partition coefficient (Wildman–Crippen LogP) is 3.60. The van der Waals surface area contributed by atoms with Crippen molar-refractivity contribution in [3.8, 4) is 11.5 Å². The summed E-state index contributed by atoms with van der Waals surface area (Å²) >= 11 is 5.89. The number of anilines is 1. The van der Waals surface area contributed by atoms with Gasteiger partial charge in [0.2, 0.25) is 5.91 Å². The molecule has 0 aromatic heterocycles. The van der Waals surface area contributed by atoms with Crippen LogP contribution in [-0.2, 0) is 16.0 Å². The first-order valence-electron chi connectivity index (χ1n) is 9.77. The number of nitrogens with one attached hydrogen (secondary N) is 1. The van der Waals surface area contributed by atoms with E-state index in [-0.39, 0.29) is 18.2 Å². The molecule has 1 heterocycles. The van der Waals surface area contributed by atoms with Crippen molar-refractivity contribution >= 4 is 29.1 Å². The Balaban J connectivity index is 1.59. The SMILES string of the molecule is CCOc1ccc(CCN[C@H]2CC(=O)N(c3ccc(Cl)cc3)C2=O)cc1OCC. The number of benzene rings is 2. The highest BCUT2D eigenvalue weighted by Gasteiger charge is 2.39. The van der Waals surface area contributed by atoms with Crippen molar-refractivity contribution in [1.29, 1.82) is 0 Å². The molecule has 1 aliphatic heterocycles. The maximum Gasteiger partial charge on any atom is 0.251 e. The molecule has 2 aromatic rings. The number of imide groups is 1. The second-order valence-electron chi connectivity index (χ2n) is 6.65. The Labute approximate surface area is 175 Å². The van der Waals surface area contributed by atoms with Crippen LogP contribution < -0.4 is 19.7 Å². The van der Waals surface area contributed by atoms with Crippen LogP contribution in [0.5, 0.6) is 11.5 Å². The van der Waals surface area contributed by atoms with E-state index < -0.39 is 6.04 Å². The number of carbonyl (C=O) groups is 2. The molecule has 1 aliphatic rings. The molecule has 2 amide bonds. The third-order valence-electron chi connectivity index (χ3n) is 4.64. The molecule has 154 valence electrons. The minimum absolute atomic E-state index is 0.148. The Morgan fingerprint density at radius 1 is 1.03 bits per heavy atom. The monoisotopic (exact) mass is 416 g/mol. The first-order chi connectivity index (χ1) is 14.0. The van der Waals surface area contributed by atoms with E-state index in [1.807, 2.05) is 32.0 Å². The van der Waals surface area contributed by atoms with E-state index >= 15 is 0 Å². The summed E-state index contributed by atoms with van der Waals surface area (Å²) in [5.74, 6) is 0.989. The standard InChI is InChI=1S/C22H25ClN2O4/c1-3-28-19-10-5-15(13-20(19)29-4-2)11-12-24-18-14-21(26)25(22(18)27)17-8-6-16(23)7-9-17/h5-10,13,18,24H,3-4,11-12,14H2,1-2H3/t18-/m0/s1. The number of amides is 2. The van der Waals surface area contributed by atoms with Crippen LogP contribution in [0.15, 0.2) is 42.5 Å². The predicted molar refractivity (Wildman–Crippen MR) is 113 cm³/mol. The summed E-state index contributed by atoms with van der Waals surface area (Å²) in [5, 5.41) is 3.76. The normalized spacial score (nSPS) is 16.4. The lowest BCUT2D eigenvalue weighted by Gasteiger charge is -2.16. The lowest BCUT2D eigenvalue weighted by atomic mass is 10.1. The summed E-state index contributed by atoms with van der Waals surface area (Å²) in [6.45, 7) is 5.56. The summed E-state index contributed by atoms with van der Waals surface area (Å²) in [5.41, 5.74) is 1.61. The van der Waals surface area contributed by atoms with Gasteiger partial charge in [0, 0.05) is 5.02 Å². The fourth-order valence-electron chi connectivity index (χ4n) is 3.29. The number of carbonyl (C=O) groups excluding carboxylic acids is 2. The fourth-order valence-corrected chi connectivity index (χ4v) is 3.42. The van der Waals surface area contributed by atoms with Crippen LogP contribution in [0.3, 0.4) is 0 Å². The minimum Gasteiger partial charge on any atom is -0.490 e. The molecule has 7 heteroatoms. The van der Waals surface area contributed by atoms with Gasteiger partial charge in [-0.15, -0.1) is 0 Å². The molecule has 0 radical (unpaired) electrons. The zero-order valence-corrected chi connectivity index (χ0v) is 17.4. The fraction of sp³-hybridized carbons (Fsp3) is 0.364. The number of nitrogens with zero attached hydrogens (tertiary/aromatic N) is 1. The average molecular weight is 417 g/mol. The van der Waals surface area contributed by atoms with Crippen LogP contribution in [0.1, 0.15) is 25.8 Å². The largest absolute Gasteiger partial charge is 0.490 e. The number of ether oxygens (including phenoxy) is 2. The number of rotatable bonds is 9. The lowest BCUT2D eigenvalue weighted by molar-refractivity contribution is -0.121. The molecule has 0 aliphatic carbocycles. The first kappa shape index (κ1) is 21.1. The zero-order chi connectivity index (χ0) is 20.8. The molecule has 29 heavy (non-hydrogen) atoms. The van der Waals surface area contributed by atoms with Gasteiger partial charge in [-0.2, -0.15) is 0 Å². The second-order valence-corrected chi connectivity index (χ2v) is 7.09. The number of halogens is 1. The van der Waals surface area contributed by atoms with Crippen molar-refractivity contribution in [2.45, 2.75) is 32.7 Å². The molecule has 2 aromatic carbocycles. The summed E-state index contributed by atoms with van der Waals surface area (Å²) in [7, 11) is 0. The average Bonchev–Trinajstić information content (AvgIpc) is 2.98. The highest BCUT2D eigenvalue weighted by molar-refractivity contribution is 6.30. The maximum absolute atomic E-state index is 12.7. The van der Waals surface area contributed by atoms with E-state index in [1.54, 1.807) is 24.3 Å². The Bertz CT molecular complexity index is 870. The Kier molecular flexibility index (Phi) is 7.12. The van der Waals surface area contributed by atoms with Gasteiger partial charge in [-0.25, -0.2) is 4.90 Å². The highest BCUT2D eigenvalue weighted by Crippen LogP contribution is 2.29. The van der Waals surface area contributed by atoms with E-state index in [9.17, 15) is 9.59 Å². The van der Waals surface area contributed by atoms with Crippen molar-refractivity contribution in [3.63, 3.8) is 0 Å². The molecule has 0 bridgehead atoms. The minimum atomic E-state index is -0.521. The molecule has 1 atom stereocenters. The Morgan fingerprint density at radius 2 is 1.72 bits per heavy atom. The van der Waals surface area contributed by atoms with Crippen LogP contribution in [0.4, 0.5) is 5.69 Å². The molecule has 6 nitrogen and oxygen atoms in total. The molecule has 0 unspecified atom stereocenters. The van der Waals surface area contributed by atoms with Gasteiger partial charge >= 0.3 is 0 Å². The third-order valence-corrected chi connectivity index (χ3v) is 4.90. The van der Waals surface area contributed by atoms with Crippen molar-refractivity contribution in [1.82, 2.24) is 5.32 Å². The van der Waals surface area contributed by atoms with Crippen LogP contribution in [0, 0.1) is 0 Å². The summed E-state index contributed by atoms with van der Waals surface area (Å²) in [4.78, 5) is 26.2. The summed E-state index contributed by atoms with van der Waals surface area (Å²) in [6, 6.07) is 12.0. The second kappa shape index (κ2) is 9.76. The topological polar surface area (TPSA) is 67.9 Å². The van der Waals surface area contributed by atoms with Gasteiger partial charge in [0.15, 0.2) is 11.5 Å². The van der Waals surface area contributed by atoms with Gasteiger partial charge in [-0.1, -0.05) is 17.7 Å². The van der Waals surface area contributed by atoms with Gasteiger partial charge in [-0.3, -0.25) is 9.59 Å². The number of hydrogen-bond donors (Lipinski definition) is 1. The van der Waals surface area contributed by atoms with E-state index in [1.165, 1.54) is 4.90 Å². The van der Waals surface area contributed by atoms with E-state index in [0.717, 1.165) is 11.3 Å². The van der Waals surface area contributed by atoms with Crippen molar-refractivity contribution in [3.05, 3.63) is 53.1 Å². The molecule has 3 rings (SSSR count). The zero-order valence-electron chi connectivity index (χ0n) is 16.6. The highest BCUT2D eigenvalue weighted by atomic mass is 35.5. The molecular formula is C22H25ClN2O4. The van der Waals surface area contributed by atoms with Crippen LogP contribution in [-0.4, -0.2) is 37.6 Å². The van der Waals surface area contributed by atoms with Gasteiger partial charge in [0.05, 0.1) is 31.4 Å². The molecule has 0 spiro atoms. The maximum atomic E-state index is 12.7. The van der Waals surface area contributed by atoms with E-state index in [4.69, 9.17) is 21.1 Å². The third kappa shape index (κ3) is 5.08. The molecule has 1 saturated heterocycles. The van der Waals surface area contributed by atoms with Gasteiger partial charge in [0.1, 0.15) is 0 Å². The Hall–Kier alpha value is -2.57. The van der Waals surface area contributed by atoms with Gasteiger partial charge in [-0.05, 0) is 68.8 Å². The Morgan fingerprint density at radius 3 is 2.41 bits per heavy atom. The summed E-state index contributed by atoms with van der Waals surface area (Å²) in [6.07, 6.45) is 0.848. The van der Waals surface area contributed by atoms with Crippen molar-refractivity contribution in [2.24, 2.45) is 0 Å². The van der Waals surface area contributed by atoms with E-state index in [0.29, 0.717) is 42.6 Å². The first-order valence-corrected chi connectivity index (χ1v) is 10.2. The molecular weight excluding hydrogens is 392 g/mol. The molecule has 1 fully saturated rings. The van der Waals surface area contributed by atoms with Crippen molar-refractivity contribution < 1.29 is 19.1 Å². The smallest absolute Gasteiger partial charge is 0.251 e. The molecule has 1 N–H and O–H groups in total. The van der Waals surface area contributed by atoms with Gasteiger partial charge < -0.3 is 14.8 Å². The summed E-state index contributed by atoms with van der Waals surface area (Å²) < 4.78 is 11.2. The lowest BCUT2D eigenvalue weighted by Crippen LogP contribution is -2.39. The van der Waals surface area contributed by atoms with E-state index in [2.05, 4.69) is 5.32 Å².